The van der Waals surface area contributed by atoms with Crippen LogP contribution in [0.25, 0.3) is 21.6 Å². The van der Waals surface area contributed by atoms with E-state index in [9.17, 15) is 40.2 Å². The molecule has 0 saturated heterocycles. The average molecular weight is 522 g/mol. The summed E-state index contributed by atoms with van der Waals surface area (Å²) in [6.07, 6.45) is 0. The van der Waals surface area contributed by atoms with Gasteiger partial charge in [0.1, 0.15) is 0 Å². The quantitative estimate of drug-likeness (QED) is 0.117. The minimum atomic E-state index is -1.51. The van der Waals surface area contributed by atoms with Crippen LogP contribution in [-0.4, -0.2) is 25.8 Å². The van der Waals surface area contributed by atoms with Crippen molar-refractivity contribution in [1.82, 2.24) is 0 Å². The summed E-state index contributed by atoms with van der Waals surface area (Å²) in [5.74, 6) is -2.38. The van der Waals surface area contributed by atoms with E-state index in [1.165, 1.54) is 32.8 Å². The van der Waals surface area contributed by atoms with Crippen molar-refractivity contribution < 1.29 is 24.7 Å². The highest BCUT2D eigenvalue weighted by atomic mass is 32.9. The highest BCUT2D eigenvalue weighted by Crippen LogP contribution is 2.56. The van der Waals surface area contributed by atoms with Crippen molar-refractivity contribution in [2.24, 2.45) is 0 Å². The Hall–Kier alpha value is -4.62. The number of hydrogen-bond acceptors (Lipinski definition) is 8. The van der Waals surface area contributed by atoms with E-state index < -0.39 is 49.3 Å². The summed E-state index contributed by atoms with van der Waals surface area (Å²) in [4.78, 5) is 46.5. The maximum absolute atomic E-state index is 12.1. The fraction of sp³-hybridized carbons (Fsp3) is 0.0435. The zero-order valence-electron chi connectivity index (χ0n) is 17.8. The molecule has 0 spiro atoms. The van der Waals surface area contributed by atoms with Crippen LogP contribution in [-0.2, 0) is 0 Å². The first-order valence-corrected chi connectivity index (χ1v) is 12.3. The van der Waals surface area contributed by atoms with Gasteiger partial charge in [-0.05, 0) is 23.3 Å². The third kappa shape index (κ3) is 3.66. The molecule has 0 fully saturated rings. The molecule has 4 aromatic rings. The van der Waals surface area contributed by atoms with Gasteiger partial charge in [0.2, 0.25) is 0 Å². The molecule has 1 unspecified atom stereocenters. The van der Waals surface area contributed by atoms with Gasteiger partial charge in [0.25, 0.3) is 21.9 Å². The van der Waals surface area contributed by atoms with Gasteiger partial charge in [-0.3, -0.25) is 30.3 Å². The van der Waals surface area contributed by atoms with E-state index in [0.717, 1.165) is 22.6 Å². The number of non-ortho nitro benzene ring substituents is 2. The zero-order valence-corrected chi connectivity index (χ0v) is 19.4. The van der Waals surface area contributed by atoms with E-state index >= 15 is 0 Å². The fourth-order valence-electron chi connectivity index (χ4n) is 4.42. The summed E-state index contributed by atoms with van der Waals surface area (Å²) in [6, 6.07) is 15.2. The molecule has 0 saturated carbocycles. The van der Waals surface area contributed by atoms with Crippen molar-refractivity contribution in [1.29, 1.82) is 0 Å². The van der Waals surface area contributed by atoms with Crippen molar-refractivity contribution >= 4 is 43.7 Å². The molecule has 3 aromatic carbocycles. The van der Waals surface area contributed by atoms with Crippen LogP contribution in [0.1, 0.15) is 32.3 Å². The van der Waals surface area contributed by atoms with Gasteiger partial charge in [-0.15, -0.1) is 0 Å². The predicted octanol–water partition coefficient (Wildman–Crippen LogP) is 6.34. The summed E-state index contributed by atoms with van der Waals surface area (Å²) < 4.78 is 0. The number of aromatic carboxylic acids is 1. The summed E-state index contributed by atoms with van der Waals surface area (Å²) >= 11 is 0. The molecule has 0 amide bonds. The van der Waals surface area contributed by atoms with E-state index in [4.69, 9.17) is 0 Å². The van der Waals surface area contributed by atoms with E-state index in [0.29, 0.717) is 4.88 Å². The molecule has 178 valence electrons. The highest BCUT2D eigenvalue weighted by molar-refractivity contribution is 7.70. The third-order valence-electron chi connectivity index (χ3n) is 5.85. The smallest absolute Gasteiger partial charge is 0.336 e. The van der Waals surface area contributed by atoms with Crippen LogP contribution in [0, 0.1) is 30.3 Å². The molecule has 1 aromatic heterocycles. The summed E-state index contributed by atoms with van der Waals surface area (Å²) in [7, 11) is 2.72. The topological polar surface area (TPSA) is 167 Å². The number of carboxylic acids is 1. The molecule has 1 heterocycles. The van der Waals surface area contributed by atoms with E-state index in [-0.39, 0.29) is 22.3 Å². The van der Waals surface area contributed by atoms with Crippen molar-refractivity contribution in [2.75, 3.05) is 0 Å². The van der Waals surface area contributed by atoms with Crippen LogP contribution < -0.4 is 0 Å². The number of nitro benzene ring substituents is 3. The van der Waals surface area contributed by atoms with Gasteiger partial charge in [0.05, 0.1) is 42.8 Å². The van der Waals surface area contributed by atoms with E-state index in [1.807, 2.05) is 36.4 Å². The molecule has 0 aliphatic heterocycles. The molecule has 11 nitrogen and oxygen atoms in total. The Kier molecular flexibility index (Phi) is 5.50. The van der Waals surface area contributed by atoms with Gasteiger partial charge >= 0.3 is 16.3 Å². The fourth-order valence-corrected chi connectivity index (χ4v) is 7.03. The van der Waals surface area contributed by atoms with E-state index in [2.05, 4.69) is 0 Å². The second-order valence-electron chi connectivity index (χ2n) is 7.84. The van der Waals surface area contributed by atoms with Crippen LogP contribution in [0.3, 0.4) is 0 Å². The lowest BCUT2D eigenvalue weighted by Crippen LogP contribution is -2.04. The monoisotopic (exact) mass is 522 g/mol. The van der Waals surface area contributed by atoms with Crippen LogP contribution in [0.4, 0.5) is 17.1 Å². The van der Waals surface area contributed by atoms with Gasteiger partial charge in [-0.2, -0.15) is 0 Å². The number of fused-ring (bicyclic) bond motifs is 3. The maximum atomic E-state index is 12.1. The Morgan fingerprint density at radius 2 is 1.44 bits per heavy atom. The number of nitro groups is 3. The highest BCUT2D eigenvalue weighted by Gasteiger charge is 2.43. The Morgan fingerprint density at radius 1 is 0.833 bits per heavy atom. The number of carboxylic acid groups (broad SMARTS) is 1. The third-order valence-corrected chi connectivity index (χ3v) is 8.38. The van der Waals surface area contributed by atoms with Gasteiger partial charge < -0.3 is 5.11 Å². The van der Waals surface area contributed by atoms with Crippen molar-refractivity contribution in [3.63, 3.8) is 0 Å². The van der Waals surface area contributed by atoms with Crippen molar-refractivity contribution in [2.45, 2.75) is 5.92 Å². The molecule has 1 atom stereocenters. The first-order valence-electron chi connectivity index (χ1n) is 10.2. The molecule has 13 heteroatoms. The molecule has 1 aliphatic rings. The lowest BCUT2D eigenvalue weighted by molar-refractivity contribution is -0.393. The number of rotatable bonds is 6. The van der Waals surface area contributed by atoms with Gasteiger partial charge in [-0.25, -0.2) is 4.79 Å². The number of benzene rings is 3. The SMILES string of the molecule is O=C(O)c1cc([N+](=O)[O-])cc2c1-c1c(cc([N+](=O)[O-])cc1[N+](=O)[O-])C2c1cc(-c2ccccc2)[s+]s1. The largest absolute Gasteiger partial charge is 0.478 e. The van der Waals surface area contributed by atoms with Gasteiger partial charge in [0, 0.05) is 35.4 Å². The first kappa shape index (κ1) is 23.1. The average Bonchev–Trinajstić information content (AvgIpc) is 3.45. The standard InChI is InChI=1S/C23H11N3O8S2/c27-23(28)16-8-12(24(29)30)6-14-20(19-10-18(35-36-19)11-4-2-1-3-5-11)15-7-13(25(31)32)9-17(26(33)34)22(15)21(14)16/h1-10,20H/p+1. The van der Waals surface area contributed by atoms with E-state index in [1.54, 1.807) is 0 Å². The lowest BCUT2D eigenvalue weighted by atomic mass is 9.93. The molecular weight excluding hydrogens is 510 g/mol. The molecule has 0 bridgehead atoms. The van der Waals surface area contributed by atoms with Gasteiger partial charge in [0.15, 0.2) is 10.3 Å². The predicted molar refractivity (Wildman–Crippen MR) is 132 cm³/mol. The summed E-state index contributed by atoms with van der Waals surface area (Å²) in [5, 5.41) is 45.1. The zero-order chi connectivity index (χ0) is 25.7. The minimum Gasteiger partial charge on any atom is -0.478 e. The number of carbonyl (C=O) groups is 1. The molecule has 1 N–H and O–H groups in total. The minimum absolute atomic E-state index is 0.0469. The van der Waals surface area contributed by atoms with Crippen LogP contribution in [0.5, 0.6) is 0 Å². The summed E-state index contributed by atoms with van der Waals surface area (Å²) in [6.45, 7) is 0. The Bertz CT molecular complexity index is 1540. The molecular formula is C23H12N3O8S2+. The maximum Gasteiger partial charge on any atom is 0.336 e. The molecule has 36 heavy (non-hydrogen) atoms. The Morgan fingerprint density at radius 3 is 2.03 bits per heavy atom. The summed E-state index contributed by atoms with van der Waals surface area (Å²) in [5.41, 5.74) is -1.05. The Balaban J connectivity index is 1.86. The first-order chi connectivity index (χ1) is 17.2. The molecule has 0 radical (unpaired) electrons. The van der Waals surface area contributed by atoms with Gasteiger partial charge in [-0.1, -0.05) is 18.2 Å². The lowest BCUT2D eigenvalue weighted by Gasteiger charge is -2.10. The second kappa shape index (κ2) is 8.55. The van der Waals surface area contributed by atoms with Crippen LogP contribution >= 0.6 is 20.7 Å². The molecule has 1 aliphatic carbocycles. The number of nitrogens with zero attached hydrogens (tertiary/aromatic N) is 3. The normalized spacial score (nSPS) is 13.6. The Labute approximate surface area is 208 Å². The number of hydrogen-bond donors (Lipinski definition) is 1. The van der Waals surface area contributed by atoms with Crippen molar-refractivity contribution in [3.05, 3.63) is 113 Å². The van der Waals surface area contributed by atoms with Crippen molar-refractivity contribution in [3.8, 4) is 21.6 Å². The molecule has 5 rings (SSSR count). The second-order valence-corrected chi connectivity index (χ2v) is 10.1. The van der Waals surface area contributed by atoms with Crippen LogP contribution in [0.15, 0.2) is 60.7 Å². The van der Waals surface area contributed by atoms with Crippen LogP contribution in [0.2, 0.25) is 0 Å².